The molecule has 1 aromatic carbocycles. The van der Waals surface area contributed by atoms with E-state index in [0.29, 0.717) is 23.7 Å². The number of carbonyl (C=O) groups is 1. The highest BCUT2D eigenvalue weighted by molar-refractivity contribution is 7.98. The van der Waals surface area contributed by atoms with Gasteiger partial charge in [0.05, 0.1) is 23.3 Å². The molecule has 130 valence electrons. The first kappa shape index (κ1) is 17.6. The van der Waals surface area contributed by atoms with Crippen LogP contribution in [0.15, 0.2) is 44.6 Å². The van der Waals surface area contributed by atoms with Crippen LogP contribution in [0.25, 0.3) is 0 Å². The van der Waals surface area contributed by atoms with Crippen LogP contribution < -0.4 is 0 Å². The molecule has 0 fully saturated rings. The lowest BCUT2D eigenvalue weighted by atomic mass is 10.2. The number of nitrogens with zero attached hydrogens (tertiary/aromatic N) is 4. The van der Waals surface area contributed by atoms with Gasteiger partial charge >= 0.3 is 0 Å². The van der Waals surface area contributed by atoms with E-state index in [2.05, 4.69) is 15.1 Å². The second-order valence-corrected chi connectivity index (χ2v) is 7.12. The van der Waals surface area contributed by atoms with Crippen molar-refractivity contribution in [2.45, 2.75) is 30.5 Å². The van der Waals surface area contributed by atoms with Crippen molar-refractivity contribution in [1.82, 2.24) is 20.0 Å². The van der Waals surface area contributed by atoms with E-state index in [1.54, 1.807) is 35.0 Å². The lowest BCUT2D eigenvalue weighted by molar-refractivity contribution is 0.0766. The summed E-state index contributed by atoms with van der Waals surface area (Å²) in [5.74, 6) is 1.76. The molecular formula is C17H18N4O2S2. The molecule has 0 aliphatic rings. The van der Waals surface area contributed by atoms with Crippen molar-refractivity contribution in [2.24, 2.45) is 0 Å². The first-order valence-corrected chi connectivity index (χ1v) is 9.76. The Morgan fingerprint density at radius 2 is 2.20 bits per heavy atom. The van der Waals surface area contributed by atoms with Gasteiger partial charge in [0.1, 0.15) is 0 Å². The zero-order valence-electron chi connectivity index (χ0n) is 14.0. The average molecular weight is 374 g/mol. The minimum absolute atomic E-state index is 0.0716. The summed E-state index contributed by atoms with van der Waals surface area (Å²) in [6, 6.07) is 7.61. The maximum absolute atomic E-state index is 12.8. The number of amides is 1. The van der Waals surface area contributed by atoms with Crippen LogP contribution in [0.3, 0.4) is 0 Å². The van der Waals surface area contributed by atoms with E-state index in [0.717, 1.165) is 16.3 Å². The summed E-state index contributed by atoms with van der Waals surface area (Å²) >= 11 is 3.18. The van der Waals surface area contributed by atoms with Gasteiger partial charge in [0.2, 0.25) is 5.89 Å². The number of hydrogen-bond acceptors (Lipinski definition) is 7. The highest BCUT2D eigenvalue weighted by Crippen LogP contribution is 2.27. The Bertz CT molecular complexity index is 833. The molecule has 0 spiro atoms. The van der Waals surface area contributed by atoms with Gasteiger partial charge in [-0.15, -0.1) is 23.1 Å². The smallest absolute Gasteiger partial charge is 0.255 e. The molecule has 0 radical (unpaired) electrons. The number of aromatic nitrogens is 3. The zero-order chi connectivity index (χ0) is 17.6. The molecule has 0 saturated heterocycles. The largest absolute Gasteiger partial charge is 0.337 e. The molecule has 0 N–H and O–H groups in total. The number of benzene rings is 1. The fraction of sp³-hybridized carbons (Fsp3) is 0.294. The molecule has 3 rings (SSSR count). The Kier molecular flexibility index (Phi) is 5.83. The number of thioether (sulfide) groups is 1. The summed E-state index contributed by atoms with van der Waals surface area (Å²) in [4.78, 5) is 23.9. The lowest BCUT2D eigenvalue weighted by Crippen LogP contribution is -2.26. The molecule has 0 saturated carbocycles. The first-order chi connectivity index (χ1) is 12.2. The van der Waals surface area contributed by atoms with Crippen molar-refractivity contribution in [3.05, 3.63) is 58.1 Å². The second kappa shape index (κ2) is 8.26. The van der Waals surface area contributed by atoms with E-state index in [-0.39, 0.29) is 12.5 Å². The predicted molar refractivity (Wildman–Crippen MR) is 97.6 cm³/mol. The average Bonchev–Trinajstić information content (AvgIpc) is 3.31. The van der Waals surface area contributed by atoms with Gasteiger partial charge in [-0.1, -0.05) is 24.2 Å². The summed E-state index contributed by atoms with van der Waals surface area (Å²) in [5.41, 5.74) is 3.50. The van der Waals surface area contributed by atoms with Crippen LogP contribution in [0.2, 0.25) is 0 Å². The maximum Gasteiger partial charge on any atom is 0.255 e. The van der Waals surface area contributed by atoms with Gasteiger partial charge in [-0.05, 0) is 12.1 Å². The van der Waals surface area contributed by atoms with Crippen LogP contribution >= 0.6 is 23.1 Å². The summed E-state index contributed by atoms with van der Waals surface area (Å²) in [5, 5.41) is 5.88. The predicted octanol–water partition coefficient (Wildman–Crippen LogP) is 3.65. The lowest BCUT2D eigenvalue weighted by Gasteiger charge is -2.17. The van der Waals surface area contributed by atoms with Crippen LogP contribution in [0.4, 0.5) is 0 Å². The number of hydrogen-bond donors (Lipinski definition) is 0. The van der Waals surface area contributed by atoms with Crippen LogP contribution in [0.5, 0.6) is 0 Å². The third-order valence-corrected chi connectivity index (χ3v) is 5.26. The zero-order valence-corrected chi connectivity index (χ0v) is 15.6. The van der Waals surface area contributed by atoms with Gasteiger partial charge in [0, 0.05) is 29.5 Å². The van der Waals surface area contributed by atoms with Gasteiger partial charge in [-0.3, -0.25) is 4.79 Å². The van der Waals surface area contributed by atoms with Gasteiger partial charge in [-0.25, -0.2) is 4.98 Å². The Balaban J connectivity index is 1.70. The minimum Gasteiger partial charge on any atom is -0.337 e. The van der Waals surface area contributed by atoms with Crippen LogP contribution in [0, 0.1) is 0 Å². The molecule has 2 heterocycles. The van der Waals surface area contributed by atoms with Gasteiger partial charge < -0.3 is 9.42 Å². The molecule has 6 nitrogen and oxygen atoms in total. The Labute approximate surface area is 154 Å². The van der Waals surface area contributed by atoms with E-state index < -0.39 is 0 Å². The molecule has 8 heteroatoms. The molecule has 3 aromatic rings. The molecule has 0 aliphatic heterocycles. The molecule has 0 bridgehead atoms. The van der Waals surface area contributed by atoms with E-state index in [1.807, 2.05) is 42.1 Å². The monoisotopic (exact) mass is 374 g/mol. The van der Waals surface area contributed by atoms with Crippen LogP contribution in [0.1, 0.15) is 34.7 Å². The molecule has 0 unspecified atom stereocenters. The van der Waals surface area contributed by atoms with E-state index in [9.17, 15) is 4.79 Å². The van der Waals surface area contributed by atoms with Crippen molar-refractivity contribution in [3.63, 3.8) is 0 Å². The topological polar surface area (TPSA) is 72.1 Å². The second-order valence-electron chi connectivity index (χ2n) is 5.38. The molecule has 2 aromatic heterocycles. The van der Waals surface area contributed by atoms with Gasteiger partial charge in [-0.2, -0.15) is 4.98 Å². The molecule has 25 heavy (non-hydrogen) atoms. The number of aryl methyl sites for hydroxylation is 1. The molecule has 0 aliphatic carbocycles. The Morgan fingerprint density at radius 1 is 1.36 bits per heavy atom. The van der Waals surface area contributed by atoms with Crippen molar-refractivity contribution < 1.29 is 9.32 Å². The summed E-state index contributed by atoms with van der Waals surface area (Å²) in [6.07, 6.45) is 0.706. The fourth-order valence-corrected chi connectivity index (χ4v) is 3.82. The van der Waals surface area contributed by atoms with Crippen molar-refractivity contribution >= 4 is 29.0 Å². The summed E-state index contributed by atoms with van der Waals surface area (Å²) in [7, 11) is 1.74. The summed E-state index contributed by atoms with van der Waals surface area (Å²) < 4.78 is 5.17. The normalized spacial score (nSPS) is 10.8. The van der Waals surface area contributed by atoms with Crippen LogP contribution in [-0.2, 0) is 18.7 Å². The fourth-order valence-electron chi connectivity index (χ4n) is 2.21. The van der Waals surface area contributed by atoms with Crippen molar-refractivity contribution in [2.75, 3.05) is 7.05 Å². The molecule has 1 amide bonds. The number of thiazole rings is 1. The van der Waals surface area contributed by atoms with Gasteiger partial charge in [0.25, 0.3) is 5.91 Å². The van der Waals surface area contributed by atoms with E-state index in [4.69, 9.17) is 4.52 Å². The Hall–Kier alpha value is -2.19. The Morgan fingerprint density at radius 3 is 2.92 bits per heavy atom. The van der Waals surface area contributed by atoms with Gasteiger partial charge in [0.15, 0.2) is 5.82 Å². The van der Waals surface area contributed by atoms with Crippen LogP contribution in [-0.4, -0.2) is 33.0 Å². The quantitative estimate of drug-likeness (QED) is 0.588. The maximum atomic E-state index is 12.8. The highest BCUT2D eigenvalue weighted by atomic mass is 32.2. The summed E-state index contributed by atoms with van der Waals surface area (Å²) in [6.45, 7) is 2.25. The standard InChI is InChI=1S/C17H18N4O2S2/c1-3-15-19-16(23-20-15)8-21(2)17(22)13-6-4-5-7-14(13)25-10-12-9-24-11-18-12/h4-7,9,11H,3,8,10H2,1-2H3. The van der Waals surface area contributed by atoms with E-state index >= 15 is 0 Å². The molecule has 0 atom stereocenters. The third kappa shape index (κ3) is 4.46. The van der Waals surface area contributed by atoms with Crippen molar-refractivity contribution in [3.8, 4) is 0 Å². The minimum atomic E-state index is -0.0716. The van der Waals surface area contributed by atoms with Crippen molar-refractivity contribution in [1.29, 1.82) is 0 Å². The number of carbonyl (C=O) groups excluding carboxylic acids is 1. The third-order valence-electron chi connectivity index (χ3n) is 3.52. The van der Waals surface area contributed by atoms with E-state index in [1.165, 1.54) is 0 Å². The first-order valence-electron chi connectivity index (χ1n) is 7.83. The highest BCUT2D eigenvalue weighted by Gasteiger charge is 2.18. The number of rotatable bonds is 7. The molecular weight excluding hydrogens is 356 g/mol. The SMILES string of the molecule is CCc1noc(CN(C)C(=O)c2ccccc2SCc2cscn2)n1.